The maximum Gasteiger partial charge on any atom is 0.315 e. The van der Waals surface area contributed by atoms with Crippen molar-refractivity contribution < 1.29 is 19.8 Å². The molecular formula is C22H28N2O4. The number of urea groups is 1. The van der Waals surface area contributed by atoms with Crippen molar-refractivity contribution in [3.8, 4) is 0 Å². The molecule has 0 spiro atoms. The number of carboxylic acids is 1. The Morgan fingerprint density at radius 2 is 1.57 bits per heavy atom. The zero-order valence-electron chi connectivity index (χ0n) is 16.1. The Kier molecular flexibility index (Phi) is 8.49. The Labute approximate surface area is 165 Å². The van der Waals surface area contributed by atoms with Crippen molar-refractivity contribution in [2.24, 2.45) is 0 Å². The fourth-order valence-corrected chi connectivity index (χ4v) is 3.12. The van der Waals surface area contributed by atoms with Crippen LogP contribution in [0.25, 0.3) is 0 Å². The standard InChI is InChI=1S/C22H28N2O4/c1-16-6-5-9-18(12-16)14-20(15-25)24-22(28)23-19(10-11-21(26)27)13-17-7-3-2-4-8-17/h2-9,12,19-20,25H,10-11,13-15H2,1H3,(H,26,27)(H2,23,24,28). The fourth-order valence-electron chi connectivity index (χ4n) is 3.12. The highest BCUT2D eigenvalue weighted by molar-refractivity contribution is 5.75. The van der Waals surface area contributed by atoms with Gasteiger partial charge in [-0.15, -0.1) is 0 Å². The van der Waals surface area contributed by atoms with Gasteiger partial charge in [0.15, 0.2) is 0 Å². The van der Waals surface area contributed by atoms with Crippen molar-refractivity contribution in [2.75, 3.05) is 6.61 Å². The number of hydrogen-bond acceptors (Lipinski definition) is 3. The summed E-state index contributed by atoms with van der Waals surface area (Å²) >= 11 is 0. The predicted octanol–water partition coefficient (Wildman–Crippen LogP) is 2.67. The molecule has 0 aliphatic rings. The second kappa shape index (κ2) is 11.1. The molecule has 150 valence electrons. The number of rotatable bonds is 10. The van der Waals surface area contributed by atoms with Gasteiger partial charge >= 0.3 is 12.0 Å². The van der Waals surface area contributed by atoms with E-state index in [9.17, 15) is 14.7 Å². The molecule has 2 atom stereocenters. The largest absolute Gasteiger partial charge is 0.481 e. The number of benzene rings is 2. The Morgan fingerprint density at radius 1 is 0.929 bits per heavy atom. The van der Waals surface area contributed by atoms with Crippen LogP contribution in [-0.4, -0.2) is 40.9 Å². The first kappa shape index (κ1) is 21.4. The topological polar surface area (TPSA) is 98.7 Å². The van der Waals surface area contributed by atoms with Gasteiger partial charge in [-0.2, -0.15) is 0 Å². The second-order valence-electron chi connectivity index (χ2n) is 7.01. The Hall–Kier alpha value is -2.86. The van der Waals surface area contributed by atoms with Crippen molar-refractivity contribution in [1.29, 1.82) is 0 Å². The molecule has 0 radical (unpaired) electrons. The number of hydrogen-bond donors (Lipinski definition) is 4. The highest BCUT2D eigenvalue weighted by atomic mass is 16.4. The van der Waals surface area contributed by atoms with Gasteiger partial charge in [-0.25, -0.2) is 4.79 Å². The number of aryl methyl sites for hydroxylation is 1. The molecule has 2 amide bonds. The molecule has 0 bridgehead atoms. The number of amides is 2. The Morgan fingerprint density at radius 3 is 2.21 bits per heavy atom. The molecule has 2 aromatic rings. The number of aliphatic hydroxyl groups is 1. The quantitative estimate of drug-likeness (QED) is 0.506. The molecule has 2 rings (SSSR count). The van der Waals surface area contributed by atoms with Crippen LogP contribution in [0.15, 0.2) is 54.6 Å². The van der Waals surface area contributed by atoms with E-state index in [0.29, 0.717) is 19.3 Å². The van der Waals surface area contributed by atoms with Gasteiger partial charge in [-0.1, -0.05) is 60.2 Å². The number of aliphatic carboxylic acids is 1. The van der Waals surface area contributed by atoms with Crippen molar-refractivity contribution in [3.05, 3.63) is 71.3 Å². The van der Waals surface area contributed by atoms with E-state index in [1.54, 1.807) is 0 Å². The van der Waals surface area contributed by atoms with Crippen molar-refractivity contribution >= 4 is 12.0 Å². The SMILES string of the molecule is Cc1cccc(CC(CO)NC(=O)NC(CCC(=O)O)Cc2ccccc2)c1. The first-order valence-corrected chi connectivity index (χ1v) is 9.45. The molecule has 2 unspecified atom stereocenters. The van der Waals surface area contributed by atoms with Crippen LogP contribution in [0.2, 0.25) is 0 Å². The summed E-state index contributed by atoms with van der Waals surface area (Å²) in [6.07, 6.45) is 1.37. The lowest BCUT2D eigenvalue weighted by Crippen LogP contribution is -2.48. The third kappa shape index (κ3) is 7.80. The summed E-state index contributed by atoms with van der Waals surface area (Å²) in [6.45, 7) is 1.81. The van der Waals surface area contributed by atoms with Gasteiger partial charge in [0, 0.05) is 12.5 Å². The number of carboxylic acid groups (broad SMARTS) is 1. The Balaban J connectivity index is 1.95. The maximum atomic E-state index is 12.4. The molecule has 6 heteroatoms. The van der Waals surface area contributed by atoms with E-state index in [2.05, 4.69) is 10.6 Å². The molecule has 0 heterocycles. The normalized spacial score (nSPS) is 12.8. The summed E-state index contributed by atoms with van der Waals surface area (Å²) in [6, 6.07) is 16.4. The molecular weight excluding hydrogens is 356 g/mol. The average Bonchev–Trinajstić information content (AvgIpc) is 2.66. The molecule has 0 aromatic heterocycles. The molecule has 0 fully saturated rings. The summed E-state index contributed by atoms with van der Waals surface area (Å²) in [5, 5.41) is 24.3. The van der Waals surface area contributed by atoms with E-state index < -0.39 is 18.0 Å². The van der Waals surface area contributed by atoms with Crippen molar-refractivity contribution in [1.82, 2.24) is 10.6 Å². The summed E-state index contributed by atoms with van der Waals surface area (Å²) in [5.74, 6) is -0.895. The smallest absolute Gasteiger partial charge is 0.315 e. The zero-order valence-corrected chi connectivity index (χ0v) is 16.1. The summed E-state index contributed by atoms with van der Waals surface area (Å²) in [4.78, 5) is 23.4. The monoisotopic (exact) mass is 384 g/mol. The van der Waals surface area contributed by atoms with Crippen LogP contribution in [0.3, 0.4) is 0 Å². The molecule has 0 saturated heterocycles. The summed E-state index contributed by atoms with van der Waals surface area (Å²) in [7, 11) is 0. The van der Waals surface area contributed by atoms with E-state index in [0.717, 1.165) is 16.7 Å². The van der Waals surface area contributed by atoms with Crippen LogP contribution in [0, 0.1) is 6.92 Å². The van der Waals surface area contributed by atoms with Gasteiger partial charge in [0.1, 0.15) is 0 Å². The predicted molar refractivity (Wildman–Crippen MR) is 108 cm³/mol. The number of aliphatic hydroxyl groups excluding tert-OH is 1. The minimum Gasteiger partial charge on any atom is -0.481 e. The van der Waals surface area contributed by atoms with Crippen LogP contribution in [0.5, 0.6) is 0 Å². The van der Waals surface area contributed by atoms with E-state index in [1.165, 1.54) is 0 Å². The summed E-state index contributed by atoms with van der Waals surface area (Å²) < 4.78 is 0. The van der Waals surface area contributed by atoms with E-state index in [-0.39, 0.29) is 19.1 Å². The molecule has 0 aliphatic heterocycles. The fraction of sp³-hybridized carbons (Fsp3) is 0.364. The van der Waals surface area contributed by atoms with Gasteiger partial charge in [0.25, 0.3) is 0 Å². The van der Waals surface area contributed by atoms with Gasteiger partial charge in [0.2, 0.25) is 0 Å². The van der Waals surface area contributed by atoms with Crippen LogP contribution in [-0.2, 0) is 17.6 Å². The molecule has 6 nitrogen and oxygen atoms in total. The van der Waals surface area contributed by atoms with Crippen LogP contribution in [0.1, 0.15) is 29.5 Å². The van der Waals surface area contributed by atoms with Gasteiger partial charge in [-0.3, -0.25) is 4.79 Å². The number of carbonyl (C=O) groups excluding carboxylic acids is 1. The first-order valence-electron chi connectivity index (χ1n) is 9.45. The highest BCUT2D eigenvalue weighted by Crippen LogP contribution is 2.09. The van der Waals surface area contributed by atoms with Crippen LogP contribution in [0.4, 0.5) is 4.79 Å². The zero-order chi connectivity index (χ0) is 20.4. The van der Waals surface area contributed by atoms with E-state index >= 15 is 0 Å². The van der Waals surface area contributed by atoms with Gasteiger partial charge in [0.05, 0.1) is 12.6 Å². The summed E-state index contributed by atoms with van der Waals surface area (Å²) in [5.41, 5.74) is 3.18. The van der Waals surface area contributed by atoms with E-state index in [4.69, 9.17) is 5.11 Å². The third-order valence-electron chi connectivity index (χ3n) is 4.49. The van der Waals surface area contributed by atoms with Crippen molar-refractivity contribution in [3.63, 3.8) is 0 Å². The van der Waals surface area contributed by atoms with E-state index in [1.807, 2.05) is 61.5 Å². The van der Waals surface area contributed by atoms with Gasteiger partial charge < -0.3 is 20.8 Å². The highest BCUT2D eigenvalue weighted by Gasteiger charge is 2.17. The minimum atomic E-state index is -0.895. The van der Waals surface area contributed by atoms with Crippen LogP contribution >= 0.6 is 0 Å². The third-order valence-corrected chi connectivity index (χ3v) is 4.49. The molecule has 4 N–H and O–H groups in total. The minimum absolute atomic E-state index is 0.0233. The first-order chi connectivity index (χ1) is 13.5. The molecule has 2 aromatic carbocycles. The number of carbonyl (C=O) groups is 2. The maximum absolute atomic E-state index is 12.4. The number of nitrogens with one attached hydrogen (secondary N) is 2. The lowest BCUT2D eigenvalue weighted by atomic mass is 10.0. The average molecular weight is 384 g/mol. The Bertz CT molecular complexity index is 764. The molecule has 28 heavy (non-hydrogen) atoms. The lowest BCUT2D eigenvalue weighted by Gasteiger charge is -2.22. The van der Waals surface area contributed by atoms with Crippen LogP contribution < -0.4 is 10.6 Å². The lowest BCUT2D eigenvalue weighted by molar-refractivity contribution is -0.137. The molecule has 0 aliphatic carbocycles. The second-order valence-corrected chi connectivity index (χ2v) is 7.01. The van der Waals surface area contributed by atoms with Crippen molar-refractivity contribution in [2.45, 2.75) is 44.7 Å². The van der Waals surface area contributed by atoms with Gasteiger partial charge in [-0.05, 0) is 37.3 Å². The molecule has 0 saturated carbocycles.